The smallest absolute Gasteiger partial charge is 0.326 e. The first-order valence-electron chi connectivity index (χ1n) is 19.8. The number of carbonyl (C=O) groups excluding carboxylic acids is 1. The summed E-state index contributed by atoms with van der Waals surface area (Å²) in [6, 6.07) is 15.9. The van der Waals surface area contributed by atoms with Gasteiger partial charge in [-0.15, -0.1) is 0 Å². The van der Waals surface area contributed by atoms with Crippen molar-refractivity contribution in [2.75, 3.05) is 17.2 Å². The van der Waals surface area contributed by atoms with Crippen molar-refractivity contribution in [1.29, 1.82) is 0 Å². The quantitative estimate of drug-likeness (QED) is 0.132. The van der Waals surface area contributed by atoms with Gasteiger partial charge in [0.15, 0.2) is 0 Å². The van der Waals surface area contributed by atoms with Gasteiger partial charge in [-0.05, 0) is 104 Å². The summed E-state index contributed by atoms with van der Waals surface area (Å²) in [5.74, 6) is 3.20. The number of nitrogens with zero attached hydrogens (tertiary/aromatic N) is 1. The molecule has 5 atom stereocenters. The fourth-order valence-electron chi connectivity index (χ4n) is 8.00. The number of anilines is 2. The van der Waals surface area contributed by atoms with E-state index >= 15 is 0 Å². The monoisotopic (exact) mass is 692 g/mol. The Balaban J connectivity index is 1.10. The maximum atomic E-state index is 13.6. The van der Waals surface area contributed by atoms with Crippen LogP contribution in [0.2, 0.25) is 0 Å². The minimum absolute atomic E-state index is 0.0884. The van der Waals surface area contributed by atoms with Crippen LogP contribution in [0.15, 0.2) is 84.2 Å². The summed E-state index contributed by atoms with van der Waals surface area (Å²) in [5.41, 5.74) is 10.2. The van der Waals surface area contributed by atoms with Crippen LogP contribution in [0.5, 0.6) is 0 Å². The van der Waals surface area contributed by atoms with E-state index in [0.29, 0.717) is 6.42 Å². The lowest BCUT2D eigenvalue weighted by atomic mass is 9.81. The van der Waals surface area contributed by atoms with Gasteiger partial charge in [0.1, 0.15) is 23.5 Å². The fourth-order valence-corrected chi connectivity index (χ4v) is 8.00. The van der Waals surface area contributed by atoms with E-state index in [4.69, 9.17) is 15.2 Å². The molecule has 0 fully saturated rings. The molecule has 0 amide bonds. The number of ether oxygens (including phenoxy) is 2. The normalized spacial score (nSPS) is 24.0. The molecule has 0 spiro atoms. The van der Waals surface area contributed by atoms with Crippen LogP contribution in [0.25, 0.3) is 12.2 Å². The molecule has 2 N–H and O–H groups in total. The Kier molecular flexibility index (Phi) is 13.3. The number of rotatable bonds is 17. The number of carbonyl (C=O) groups is 1. The first kappa shape index (κ1) is 38.5. The molecule has 1 aliphatic carbocycles. The minimum Gasteiger partial charge on any atom is -0.488 e. The molecule has 0 bridgehead atoms. The largest absolute Gasteiger partial charge is 0.488 e. The lowest BCUT2D eigenvalue weighted by molar-refractivity contribution is -0.152. The highest BCUT2D eigenvalue weighted by molar-refractivity contribution is 5.82. The summed E-state index contributed by atoms with van der Waals surface area (Å²) in [4.78, 5) is 15.8. The zero-order valence-electron chi connectivity index (χ0n) is 32.3. The molecule has 0 saturated heterocycles. The van der Waals surface area contributed by atoms with E-state index in [0.717, 1.165) is 65.3 Å². The second-order valence-corrected chi connectivity index (χ2v) is 16.7. The van der Waals surface area contributed by atoms with Crippen molar-refractivity contribution in [3.05, 3.63) is 95.3 Å². The third kappa shape index (κ3) is 11.4. The summed E-state index contributed by atoms with van der Waals surface area (Å²) in [5, 5.41) is 0. The van der Waals surface area contributed by atoms with Crippen molar-refractivity contribution in [3.63, 3.8) is 0 Å². The van der Waals surface area contributed by atoms with E-state index in [2.05, 4.69) is 82.0 Å². The van der Waals surface area contributed by atoms with Crippen LogP contribution in [0, 0.1) is 17.8 Å². The summed E-state index contributed by atoms with van der Waals surface area (Å²) < 4.78 is 13.0. The second kappa shape index (κ2) is 17.7. The Morgan fingerprint density at radius 1 is 0.941 bits per heavy atom. The summed E-state index contributed by atoms with van der Waals surface area (Å²) >= 11 is 0. The van der Waals surface area contributed by atoms with Gasteiger partial charge >= 0.3 is 5.97 Å². The average Bonchev–Trinajstić information content (AvgIpc) is 3.08. The summed E-state index contributed by atoms with van der Waals surface area (Å²) in [6.07, 6.45) is 27.0. The summed E-state index contributed by atoms with van der Waals surface area (Å²) in [7, 11) is 0. The Morgan fingerprint density at radius 3 is 2.35 bits per heavy atom. The minimum atomic E-state index is -0.700. The number of allylic oxidation sites excluding steroid dienone is 1. The van der Waals surface area contributed by atoms with Gasteiger partial charge in [0.25, 0.3) is 0 Å². The molecular formula is C46H64N2O3. The van der Waals surface area contributed by atoms with Crippen LogP contribution in [-0.2, 0) is 14.3 Å². The molecule has 2 aromatic rings. The SMILES string of the molecule is CC(C)CCCC(C)CCCC(C)CCCC1(C)CCC2=C(C=CC(C)(OC(=O)CN3c4ccccc4C=CC3/C=C/c3ccc(N)cc3)C2)O1. The van der Waals surface area contributed by atoms with Gasteiger partial charge in [-0.2, -0.15) is 0 Å². The molecule has 0 radical (unpaired) electrons. The van der Waals surface area contributed by atoms with Gasteiger partial charge in [0.05, 0.1) is 6.04 Å². The highest BCUT2D eigenvalue weighted by Gasteiger charge is 2.38. The van der Waals surface area contributed by atoms with E-state index < -0.39 is 5.60 Å². The number of fused-ring (bicyclic) bond motifs is 1. The summed E-state index contributed by atoms with van der Waals surface area (Å²) in [6.45, 7) is 14.0. The van der Waals surface area contributed by atoms with Crippen molar-refractivity contribution < 1.29 is 14.3 Å². The number of hydrogen-bond acceptors (Lipinski definition) is 5. The third-order valence-electron chi connectivity index (χ3n) is 11.2. The Hall–Kier alpha value is -3.73. The molecular weight excluding hydrogens is 629 g/mol. The van der Waals surface area contributed by atoms with Gasteiger partial charge in [-0.25, -0.2) is 0 Å². The van der Waals surface area contributed by atoms with Gasteiger partial charge < -0.3 is 20.1 Å². The zero-order valence-corrected chi connectivity index (χ0v) is 32.3. The van der Waals surface area contributed by atoms with Crippen LogP contribution in [-0.4, -0.2) is 29.8 Å². The lowest BCUT2D eigenvalue weighted by Gasteiger charge is -2.41. The zero-order chi connectivity index (χ0) is 36.4. The Labute approximate surface area is 309 Å². The highest BCUT2D eigenvalue weighted by Crippen LogP contribution is 2.42. The Bertz CT molecular complexity index is 1570. The molecule has 5 rings (SSSR count). The van der Waals surface area contributed by atoms with Crippen molar-refractivity contribution in [2.24, 2.45) is 17.8 Å². The van der Waals surface area contributed by atoms with E-state index in [1.165, 1.54) is 56.9 Å². The number of hydrogen-bond donors (Lipinski definition) is 1. The molecule has 5 nitrogen and oxygen atoms in total. The van der Waals surface area contributed by atoms with Crippen LogP contribution in [0.4, 0.5) is 11.4 Å². The molecule has 2 aliphatic heterocycles. The molecule has 276 valence electrons. The molecule has 0 saturated carbocycles. The van der Waals surface area contributed by atoms with Crippen LogP contribution in [0.1, 0.15) is 130 Å². The number of nitrogen functional groups attached to an aromatic ring is 1. The van der Waals surface area contributed by atoms with Crippen LogP contribution < -0.4 is 10.6 Å². The topological polar surface area (TPSA) is 64.8 Å². The molecule has 51 heavy (non-hydrogen) atoms. The van der Waals surface area contributed by atoms with Crippen molar-refractivity contribution >= 4 is 29.5 Å². The molecule has 2 aromatic carbocycles. The molecule has 5 heteroatoms. The number of benzene rings is 2. The number of esters is 1. The van der Waals surface area contributed by atoms with Crippen LogP contribution >= 0.6 is 0 Å². The van der Waals surface area contributed by atoms with E-state index in [1.54, 1.807) is 0 Å². The predicted octanol–water partition coefficient (Wildman–Crippen LogP) is 11.7. The standard InChI is InChI=1S/C46H64N2O3/c1-34(2)12-9-13-35(3)14-10-15-36(4)16-11-29-45(5)30-27-39-32-46(6,31-28-43(39)50-45)51-44(49)33-48-41(25-21-37-19-23-40(47)24-20-37)26-22-38-17-7-8-18-42(38)48/h7-8,17-26,28,31,34-36,41H,9-16,27,29-30,32-33,47H2,1-6H3/b25-21+. The third-order valence-corrected chi connectivity index (χ3v) is 11.2. The van der Waals surface area contributed by atoms with Crippen molar-refractivity contribution in [1.82, 2.24) is 0 Å². The molecule has 5 unspecified atom stereocenters. The van der Waals surface area contributed by atoms with Crippen molar-refractivity contribution in [3.8, 4) is 0 Å². The average molecular weight is 693 g/mol. The van der Waals surface area contributed by atoms with Gasteiger partial charge in [0.2, 0.25) is 0 Å². The second-order valence-electron chi connectivity index (χ2n) is 16.7. The fraction of sp³-hybridized carbons (Fsp3) is 0.543. The van der Waals surface area contributed by atoms with Gasteiger partial charge in [0, 0.05) is 17.8 Å². The predicted molar refractivity (Wildman–Crippen MR) is 215 cm³/mol. The highest BCUT2D eigenvalue weighted by atomic mass is 16.6. The first-order valence-corrected chi connectivity index (χ1v) is 19.8. The Morgan fingerprint density at radius 2 is 1.63 bits per heavy atom. The number of para-hydroxylation sites is 1. The van der Waals surface area contributed by atoms with Crippen LogP contribution in [0.3, 0.4) is 0 Å². The lowest BCUT2D eigenvalue weighted by Crippen LogP contribution is -2.43. The first-order chi connectivity index (χ1) is 24.4. The molecule has 3 aliphatic rings. The molecule has 0 aromatic heterocycles. The van der Waals surface area contributed by atoms with E-state index in [-0.39, 0.29) is 24.2 Å². The molecule has 2 heterocycles. The van der Waals surface area contributed by atoms with Crippen molar-refractivity contribution in [2.45, 2.75) is 136 Å². The van der Waals surface area contributed by atoms with E-state index in [1.807, 2.05) is 49.4 Å². The maximum absolute atomic E-state index is 13.6. The maximum Gasteiger partial charge on any atom is 0.326 e. The van der Waals surface area contributed by atoms with E-state index in [9.17, 15) is 4.79 Å². The van der Waals surface area contributed by atoms with Gasteiger partial charge in [-0.1, -0.05) is 127 Å². The number of nitrogens with two attached hydrogens (primary N) is 1. The van der Waals surface area contributed by atoms with Gasteiger partial charge in [-0.3, -0.25) is 4.79 Å².